The lowest BCUT2D eigenvalue weighted by atomic mass is 10.2. The molecule has 11 heteroatoms. The highest BCUT2D eigenvalue weighted by Crippen LogP contribution is 2.22. The van der Waals surface area contributed by atoms with E-state index in [0.29, 0.717) is 5.56 Å². The van der Waals surface area contributed by atoms with Crippen molar-refractivity contribution >= 4 is 44.1 Å². The van der Waals surface area contributed by atoms with Gasteiger partial charge in [-0.3, -0.25) is 9.52 Å². The van der Waals surface area contributed by atoms with Gasteiger partial charge in [-0.1, -0.05) is 11.3 Å². The summed E-state index contributed by atoms with van der Waals surface area (Å²) in [5.74, 6) is -0.903. The molecule has 0 unspecified atom stereocenters. The number of aromatic nitrogens is 2. The molecule has 1 heterocycles. The number of benzene rings is 1. The predicted molar refractivity (Wildman–Crippen MR) is 82.8 cm³/mol. The zero-order chi connectivity index (χ0) is 17.0. The SMILES string of the molecule is COC(=O)c1ccc(NS(=O)(=O)c2nnc(NC(C)=O)s2)cc1. The van der Waals surface area contributed by atoms with Crippen molar-refractivity contribution in [3.05, 3.63) is 29.8 Å². The minimum absolute atomic E-state index is 0.0823. The zero-order valence-corrected chi connectivity index (χ0v) is 13.7. The highest BCUT2D eigenvalue weighted by atomic mass is 32.2. The number of amides is 1. The average Bonchev–Trinajstić information content (AvgIpc) is 2.95. The third-order valence-electron chi connectivity index (χ3n) is 2.48. The van der Waals surface area contributed by atoms with Crippen LogP contribution in [0.3, 0.4) is 0 Å². The Labute approximate surface area is 135 Å². The van der Waals surface area contributed by atoms with E-state index in [2.05, 4.69) is 25.0 Å². The Morgan fingerprint density at radius 1 is 1.17 bits per heavy atom. The molecule has 1 amide bonds. The van der Waals surface area contributed by atoms with Crippen LogP contribution in [0.25, 0.3) is 0 Å². The summed E-state index contributed by atoms with van der Waals surface area (Å²) in [4.78, 5) is 22.2. The van der Waals surface area contributed by atoms with Crippen LogP contribution < -0.4 is 10.0 Å². The average molecular weight is 356 g/mol. The van der Waals surface area contributed by atoms with Crippen LogP contribution in [0.1, 0.15) is 17.3 Å². The first kappa shape index (κ1) is 16.8. The summed E-state index contributed by atoms with van der Waals surface area (Å²) in [7, 11) is -2.69. The summed E-state index contributed by atoms with van der Waals surface area (Å²) < 4.78 is 30.9. The number of sulfonamides is 1. The van der Waals surface area contributed by atoms with Crippen molar-refractivity contribution in [1.29, 1.82) is 0 Å². The van der Waals surface area contributed by atoms with Crippen molar-refractivity contribution in [2.75, 3.05) is 17.1 Å². The van der Waals surface area contributed by atoms with E-state index in [9.17, 15) is 18.0 Å². The number of hydrogen-bond donors (Lipinski definition) is 2. The van der Waals surface area contributed by atoms with Crippen LogP contribution in [0, 0.1) is 0 Å². The van der Waals surface area contributed by atoms with Gasteiger partial charge in [0.15, 0.2) is 0 Å². The molecule has 0 saturated heterocycles. The van der Waals surface area contributed by atoms with E-state index in [1.807, 2.05) is 0 Å². The molecule has 1 aromatic heterocycles. The minimum atomic E-state index is -3.94. The van der Waals surface area contributed by atoms with Crippen molar-refractivity contribution in [3.8, 4) is 0 Å². The molecule has 0 aliphatic rings. The number of esters is 1. The maximum absolute atomic E-state index is 12.2. The Morgan fingerprint density at radius 2 is 1.83 bits per heavy atom. The van der Waals surface area contributed by atoms with Crippen molar-refractivity contribution in [2.24, 2.45) is 0 Å². The maximum atomic E-state index is 12.2. The lowest BCUT2D eigenvalue weighted by Gasteiger charge is -2.05. The summed E-state index contributed by atoms with van der Waals surface area (Å²) in [6.07, 6.45) is 0. The summed E-state index contributed by atoms with van der Waals surface area (Å²) in [5, 5.41) is 9.53. The molecule has 9 nitrogen and oxygen atoms in total. The van der Waals surface area contributed by atoms with Crippen LogP contribution in [0.5, 0.6) is 0 Å². The third-order valence-corrected chi connectivity index (χ3v) is 5.06. The highest BCUT2D eigenvalue weighted by Gasteiger charge is 2.21. The second-order valence-corrected chi connectivity index (χ2v) is 7.06. The number of methoxy groups -OCH3 is 1. The molecule has 0 spiro atoms. The number of hydrogen-bond acceptors (Lipinski definition) is 8. The quantitative estimate of drug-likeness (QED) is 0.606. The first-order chi connectivity index (χ1) is 10.8. The fourth-order valence-electron chi connectivity index (χ4n) is 1.51. The standard InChI is InChI=1S/C12H12N4O5S2/c1-7(17)13-11-14-15-12(22-11)23(19,20)16-9-5-3-8(4-6-9)10(18)21-2/h3-6,16H,1-2H3,(H,13,14,17). The Morgan fingerprint density at radius 3 is 2.39 bits per heavy atom. The van der Waals surface area contributed by atoms with Gasteiger partial charge in [-0.15, -0.1) is 10.2 Å². The topological polar surface area (TPSA) is 127 Å². The Kier molecular flexibility index (Phi) is 4.91. The normalized spacial score (nSPS) is 10.9. The molecule has 0 bridgehead atoms. The van der Waals surface area contributed by atoms with Crippen molar-refractivity contribution in [2.45, 2.75) is 11.3 Å². The Bertz CT molecular complexity index is 829. The molecule has 2 N–H and O–H groups in total. The van der Waals surface area contributed by atoms with Gasteiger partial charge >= 0.3 is 5.97 Å². The van der Waals surface area contributed by atoms with E-state index in [0.717, 1.165) is 11.3 Å². The number of nitrogens with zero attached hydrogens (tertiary/aromatic N) is 2. The Hall–Kier alpha value is -2.53. The number of carbonyl (C=O) groups is 2. The second-order valence-electron chi connectivity index (χ2n) is 4.23. The summed E-state index contributed by atoms with van der Waals surface area (Å²) >= 11 is 0.720. The van der Waals surface area contributed by atoms with Gasteiger partial charge < -0.3 is 10.1 Å². The van der Waals surface area contributed by atoms with Crippen LogP contribution >= 0.6 is 11.3 Å². The summed E-state index contributed by atoms with van der Waals surface area (Å²) in [6, 6.07) is 5.68. The number of rotatable bonds is 5. The molecule has 0 aliphatic heterocycles. The minimum Gasteiger partial charge on any atom is -0.465 e. The van der Waals surface area contributed by atoms with Crippen molar-refractivity contribution in [1.82, 2.24) is 10.2 Å². The lowest BCUT2D eigenvalue weighted by Crippen LogP contribution is -2.13. The van der Waals surface area contributed by atoms with E-state index in [4.69, 9.17) is 0 Å². The van der Waals surface area contributed by atoms with Crippen LogP contribution in [0.15, 0.2) is 28.6 Å². The number of anilines is 2. The second kappa shape index (κ2) is 6.71. The van der Waals surface area contributed by atoms with E-state index < -0.39 is 16.0 Å². The van der Waals surface area contributed by atoms with Gasteiger partial charge in [0.05, 0.1) is 12.7 Å². The van der Waals surface area contributed by atoms with Gasteiger partial charge in [-0.05, 0) is 24.3 Å². The molecular weight excluding hydrogens is 344 g/mol. The fourth-order valence-corrected chi connectivity index (χ4v) is 3.52. The molecule has 1 aromatic carbocycles. The molecule has 0 atom stereocenters. The smallest absolute Gasteiger partial charge is 0.337 e. The number of ether oxygens (including phenoxy) is 1. The maximum Gasteiger partial charge on any atom is 0.337 e. The van der Waals surface area contributed by atoms with E-state index in [1.165, 1.54) is 38.3 Å². The summed E-state index contributed by atoms with van der Waals surface area (Å²) in [6.45, 7) is 1.27. The lowest BCUT2D eigenvalue weighted by molar-refractivity contribution is -0.114. The van der Waals surface area contributed by atoms with Crippen LogP contribution in [-0.4, -0.2) is 37.6 Å². The van der Waals surface area contributed by atoms with Gasteiger partial charge in [0.1, 0.15) is 0 Å². The van der Waals surface area contributed by atoms with E-state index in [1.54, 1.807) is 0 Å². The Balaban J connectivity index is 2.16. The number of nitrogens with one attached hydrogen (secondary N) is 2. The molecule has 0 saturated carbocycles. The molecule has 23 heavy (non-hydrogen) atoms. The van der Waals surface area contributed by atoms with Crippen molar-refractivity contribution < 1.29 is 22.7 Å². The van der Waals surface area contributed by atoms with Gasteiger partial charge in [0, 0.05) is 12.6 Å². The molecule has 0 aliphatic carbocycles. The third kappa shape index (κ3) is 4.23. The molecule has 0 radical (unpaired) electrons. The summed E-state index contributed by atoms with van der Waals surface area (Å²) in [5.41, 5.74) is 0.535. The first-order valence-corrected chi connectivity index (χ1v) is 8.44. The molecule has 2 rings (SSSR count). The van der Waals surface area contributed by atoms with E-state index >= 15 is 0 Å². The van der Waals surface area contributed by atoms with Gasteiger partial charge in [0.25, 0.3) is 14.4 Å². The van der Waals surface area contributed by atoms with Gasteiger partial charge in [0.2, 0.25) is 11.0 Å². The first-order valence-electron chi connectivity index (χ1n) is 6.14. The molecular formula is C12H12N4O5S2. The monoisotopic (exact) mass is 356 g/mol. The predicted octanol–water partition coefficient (Wildman–Crippen LogP) is 1.08. The molecule has 2 aromatic rings. The van der Waals surface area contributed by atoms with Crippen LogP contribution in [0.4, 0.5) is 10.8 Å². The van der Waals surface area contributed by atoms with Crippen molar-refractivity contribution in [3.63, 3.8) is 0 Å². The molecule has 122 valence electrons. The van der Waals surface area contributed by atoms with Crippen LogP contribution in [0.2, 0.25) is 0 Å². The number of carbonyl (C=O) groups excluding carboxylic acids is 2. The van der Waals surface area contributed by atoms with Crippen LogP contribution in [-0.2, 0) is 19.6 Å². The van der Waals surface area contributed by atoms with E-state index in [-0.39, 0.29) is 21.1 Å². The largest absolute Gasteiger partial charge is 0.465 e. The fraction of sp³-hybridized carbons (Fsp3) is 0.167. The highest BCUT2D eigenvalue weighted by molar-refractivity contribution is 7.94. The zero-order valence-electron chi connectivity index (χ0n) is 12.1. The van der Waals surface area contributed by atoms with Gasteiger partial charge in [-0.25, -0.2) is 4.79 Å². The molecule has 0 fully saturated rings. The van der Waals surface area contributed by atoms with Gasteiger partial charge in [-0.2, -0.15) is 8.42 Å².